The number of rotatable bonds is 4. The van der Waals surface area contributed by atoms with Crippen LogP contribution in [0.5, 0.6) is 0 Å². The number of hydrogen-bond acceptors (Lipinski definition) is 9. The van der Waals surface area contributed by atoms with Crippen LogP contribution in [0.25, 0.3) is 0 Å². The first kappa shape index (κ1) is 25.9. The summed E-state index contributed by atoms with van der Waals surface area (Å²) in [4.78, 5) is 47.1. The number of esters is 2. The van der Waals surface area contributed by atoms with E-state index in [0.717, 1.165) is 44.9 Å². The van der Waals surface area contributed by atoms with Gasteiger partial charge in [0, 0.05) is 25.7 Å². The topological polar surface area (TPSA) is 113 Å². The molecule has 0 unspecified atom stereocenters. The van der Waals surface area contributed by atoms with Crippen molar-refractivity contribution in [3.05, 3.63) is 11.6 Å². The van der Waals surface area contributed by atoms with Crippen LogP contribution in [0.15, 0.2) is 22.0 Å². The Balaban J connectivity index is 1.51. The SMILES string of the molecule is COC(=O)C1=NO[C@]2(/C(C)=N/OC(C)=O)[C@H]1C[C@H]1[C@H]3CC=C4C[C@@H](OC(C)=O)CC[C@]4(C)[C@H]3CC[C@@]12C. The third-order valence-electron chi connectivity index (χ3n) is 10.5. The van der Waals surface area contributed by atoms with Crippen molar-refractivity contribution in [3.8, 4) is 0 Å². The van der Waals surface area contributed by atoms with Crippen molar-refractivity contribution in [1.29, 1.82) is 0 Å². The quantitative estimate of drug-likeness (QED) is 0.180. The van der Waals surface area contributed by atoms with E-state index in [9.17, 15) is 14.4 Å². The Bertz CT molecular complexity index is 1110. The molecule has 1 heterocycles. The summed E-state index contributed by atoms with van der Waals surface area (Å²) >= 11 is 0. The predicted molar refractivity (Wildman–Crippen MR) is 134 cm³/mol. The van der Waals surface area contributed by atoms with Crippen LogP contribution in [0.4, 0.5) is 0 Å². The maximum absolute atomic E-state index is 12.7. The van der Waals surface area contributed by atoms with Crippen molar-refractivity contribution in [2.45, 2.75) is 91.3 Å². The molecule has 0 spiro atoms. The van der Waals surface area contributed by atoms with Crippen molar-refractivity contribution in [1.82, 2.24) is 0 Å². The highest BCUT2D eigenvalue weighted by Crippen LogP contribution is 2.70. The Morgan fingerprint density at radius 1 is 1.08 bits per heavy atom. The van der Waals surface area contributed by atoms with Gasteiger partial charge in [-0.05, 0) is 68.6 Å². The summed E-state index contributed by atoms with van der Waals surface area (Å²) in [6, 6.07) is 0. The highest BCUT2D eigenvalue weighted by atomic mass is 16.7. The van der Waals surface area contributed by atoms with Gasteiger partial charge in [-0.15, -0.1) is 0 Å². The molecule has 9 nitrogen and oxygen atoms in total. The van der Waals surface area contributed by atoms with Gasteiger partial charge in [-0.1, -0.05) is 35.8 Å². The van der Waals surface area contributed by atoms with Crippen molar-refractivity contribution in [2.75, 3.05) is 7.11 Å². The predicted octanol–water partition coefficient (Wildman–Crippen LogP) is 4.34. The van der Waals surface area contributed by atoms with Gasteiger partial charge < -0.3 is 19.1 Å². The Hall–Kier alpha value is -2.71. The average molecular weight is 515 g/mol. The molecule has 1 aliphatic heterocycles. The summed E-state index contributed by atoms with van der Waals surface area (Å²) in [5.41, 5.74) is 0.962. The lowest BCUT2D eigenvalue weighted by Crippen LogP contribution is -2.59. The van der Waals surface area contributed by atoms with E-state index in [2.05, 4.69) is 30.2 Å². The molecule has 5 aliphatic rings. The summed E-state index contributed by atoms with van der Waals surface area (Å²) < 4.78 is 10.6. The molecule has 3 fully saturated rings. The summed E-state index contributed by atoms with van der Waals surface area (Å²) in [5, 5.41) is 8.40. The van der Waals surface area contributed by atoms with Gasteiger partial charge >= 0.3 is 17.9 Å². The minimum atomic E-state index is -0.973. The van der Waals surface area contributed by atoms with Crippen LogP contribution in [-0.4, -0.2) is 48.1 Å². The average Bonchev–Trinajstić information content (AvgIpc) is 3.35. The van der Waals surface area contributed by atoms with E-state index >= 15 is 0 Å². The molecule has 0 saturated heterocycles. The number of ether oxygens (including phenoxy) is 2. The van der Waals surface area contributed by atoms with E-state index in [1.54, 1.807) is 0 Å². The standard InChI is InChI=1S/C28H38N2O7/c1-15(29-36-17(3)32)28-23(24(30-37-28)25(33)34-6)14-22-20-8-7-18-13-19(35-16(2)31)9-11-26(18,4)21(20)10-12-27(22,28)5/h7,19-23H,8-14H2,1-6H3/b29-15+/t19-,20-,21-,22-,23-,26-,27-,28+/m0/s1. The molecular formula is C28H38N2O7. The zero-order chi connectivity index (χ0) is 26.8. The molecule has 0 N–H and O–H groups in total. The lowest BCUT2D eigenvalue weighted by Gasteiger charge is -2.58. The maximum Gasteiger partial charge on any atom is 0.356 e. The van der Waals surface area contributed by atoms with Crippen molar-refractivity contribution in [3.63, 3.8) is 0 Å². The highest BCUT2D eigenvalue weighted by Gasteiger charge is 2.74. The second-order valence-electron chi connectivity index (χ2n) is 12.0. The van der Waals surface area contributed by atoms with Crippen molar-refractivity contribution >= 4 is 29.3 Å². The number of fused-ring (bicyclic) bond motifs is 7. The molecule has 0 aromatic rings. The molecule has 9 heteroatoms. The molecule has 3 saturated carbocycles. The molecule has 4 aliphatic carbocycles. The van der Waals surface area contributed by atoms with Gasteiger partial charge in [0.2, 0.25) is 0 Å². The van der Waals surface area contributed by atoms with Gasteiger partial charge in [-0.3, -0.25) is 4.79 Å². The Morgan fingerprint density at radius 2 is 1.84 bits per heavy atom. The van der Waals surface area contributed by atoms with Crippen LogP contribution >= 0.6 is 0 Å². The number of nitrogens with zero attached hydrogens (tertiary/aromatic N) is 2. The number of methoxy groups -OCH3 is 1. The molecule has 0 radical (unpaired) electrons. The van der Waals surface area contributed by atoms with Crippen LogP contribution in [0.3, 0.4) is 0 Å². The normalized spacial score (nSPS) is 42.1. The van der Waals surface area contributed by atoms with Gasteiger partial charge in [-0.2, -0.15) is 0 Å². The highest BCUT2D eigenvalue weighted by molar-refractivity contribution is 6.38. The summed E-state index contributed by atoms with van der Waals surface area (Å²) in [5.74, 6) is -0.389. The zero-order valence-corrected chi connectivity index (χ0v) is 22.7. The molecule has 5 rings (SSSR count). The number of allylic oxidation sites excluding steroid dienone is 1. The molecule has 0 amide bonds. The third kappa shape index (κ3) is 3.67. The monoisotopic (exact) mass is 514 g/mol. The number of hydrogen-bond donors (Lipinski definition) is 0. The summed E-state index contributed by atoms with van der Waals surface area (Å²) in [6.07, 6.45) is 8.59. The first-order valence-electron chi connectivity index (χ1n) is 13.4. The van der Waals surface area contributed by atoms with Gasteiger partial charge in [0.05, 0.1) is 13.0 Å². The van der Waals surface area contributed by atoms with Gasteiger partial charge in [-0.25, -0.2) is 9.59 Å². The summed E-state index contributed by atoms with van der Waals surface area (Å²) in [7, 11) is 1.35. The fourth-order valence-corrected chi connectivity index (χ4v) is 8.87. The molecule has 8 atom stereocenters. The van der Waals surface area contributed by atoms with Gasteiger partial charge in [0.1, 0.15) is 11.8 Å². The van der Waals surface area contributed by atoms with Crippen LogP contribution < -0.4 is 0 Å². The smallest absolute Gasteiger partial charge is 0.356 e. The second kappa shape index (κ2) is 8.95. The first-order chi connectivity index (χ1) is 17.5. The van der Waals surface area contributed by atoms with E-state index in [0.29, 0.717) is 17.5 Å². The van der Waals surface area contributed by atoms with E-state index in [1.165, 1.54) is 26.5 Å². The van der Waals surface area contributed by atoms with Crippen LogP contribution in [0.1, 0.15) is 79.6 Å². The van der Waals surface area contributed by atoms with Crippen LogP contribution in [0, 0.1) is 34.5 Å². The minimum absolute atomic E-state index is 0.0382. The molecule has 0 bridgehead atoms. The first-order valence-corrected chi connectivity index (χ1v) is 13.4. The molecule has 0 aromatic heterocycles. The van der Waals surface area contributed by atoms with Crippen molar-refractivity contribution in [2.24, 2.45) is 44.8 Å². The number of carbonyl (C=O) groups is 3. The Morgan fingerprint density at radius 3 is 2.51 bits per heavy atom. The zero-order valence-electron chi connectivity index (χ0n) is 22.7. The Labute approximate surface area is 218 Å². The molecule has 0 aromatic carbocycles. The Kier molecular flexibility index (Phi) is 6.27. The van der Waals surface area contributed by atoms with Crippen LogP contribution in [-0.2, 0) is 33.5 Å². The number of carbonyl (C=O) groups excluding carboxylic acids is 3. The lowest BCUT2D eigenvalue weighted by atomic mass is 9.46. The van der Waals surface area contributed by atoms with E-state index in [-0.39, 0.29) is 40.5 Å². The fraction of sp³-hybridized carbons (Fsp3) is 0.750. The molecule has 37 heavy (non-hydrogen) atoms. The minimum Gasteiger partial charge on any atom is -0.464 e. The molecule has 202 valence electrons. The number of oxime groups is 2. The largest absolute Gasteiger partial charge is 0.464 e. The van der Waals surface area contributed by atoms with Gasteiger partial charge in [0.15, 0.2) is 11.3 Å². The van der Waals surface area contributed by atoms with Gasteiger partial charge in [0.25, 0.3) is 0 Å². The lowest BCUT2D eigenvalue weighted by molar-refractivity contribution is -0.149. The maximum atomic E-state index is 12.7. The van der Waals surface area contributed by atoms with E-state index < -0.39 is 17.5 Å². The summed E-state index contributed by atoms with van der Waals surface area (Å²) in [6.45, 7) is 9.22. The molecular weight excluding hydrogens is 476 g/mol. The van der Waals surface area contributed by atoms with Crippen molar-refractivity contribution < 1.29 is 33.5 Å². The second-order valence-corrected chi connectivity index (χ2v) is 12.0. The fourth-order valence-electron chi connectivity index (χ4n) is 8.87. The van der Waals surface area contributed by atoms with E-state index in [1.807, 2.05) is 6.92 Å². The van der Waals surface area contributed by atoms with Crippen LogP contribution in [0.2, 0.25) is 0 Å². The third-order valence-corrected chi connectivity index (χ3v) is 10.5. The van der Waals surface area contributed by atoms with E-state index in [4.69, 9.17) is 19.1 Å².